The van der Waals surface area contributed by atoms with Crippen molar-refractivity contribution < 1.29 is 32.9 Å². The van der Waals surface area contributed by atoms with Crippen LogP contribution in [0.5, 0.6) is 5.75 Å². The molecule has 0 unspecified atom stereocenters. The Hall–Kier alpha value is -3.47. The first-order valence-electron chi connectivity index (χ1n) is 14.7. The van der Waals surface area contributed by atoms with Gasteiger partial charge in [-0.25, -0.2) is 8.78 Å². The van der Waals surface area contributed by atoms with Gasteiger partial charge >= 0.3 is 0 Å². The van der Waals surface area contributed by atoms with E-state index < -0.39 is 17.2 Å². The number of rotatable bonds is 8. The number of aliphatic hydroxyl groups is 2. The third kappa shape index (κ3) is 6.02. The number of H-pyrrole nitrogens is 1. The van der Waals surface area contributed by atoms with Crippen LogP contribution in [0.15, 0.2) is 47.1 Å². The van der Waals surface area contributed by atoms with Gasteiger partial charge in [0.05, 0.1) is 23.4 Å². The Morgan fingerprint density at radius 2 is 2.02 bits per heavy atom. The van der Waals surface area contributed by atoms with Crippen LogP contribution in [0.3, 0.4) is 0 Å². The molecule has 3 heterocycles. The van der Waals surface area contributed by atoms with Crippen LogP contribution in [0.25, 0.3) is 21.9 Å². The summed E-state index contributed by atoms with van der Waals surface area (Å²) in [6, 6.07) is 9.07. The van der Waals surface area contributed by atoms with Crippen LogP contribution in [-0.2, 0) is 6.61 Å². The van der Waals surface area contributed by atoms with Crippen LogP contribution < -0.4 is 10.1 Å². The molecule has 0 radical (unpaired) electrons. The molecule has 1 aliphatic heterocycles. The lowest BCUT2D eigenvalue weighted by Gasteiger charge is -2.39. The Bertz CT molecular complexity index is 1580. The first-order chi connectivity index (χ1) is 20.2. The Balaban J connectivity index is 1.04. The van der Waals surface area contributed by atoms with E-state index in [0.717, 1.165) is 43.7 Å². The Morgan fingerprint density at radius 3 is 2.81 bits per heavy atom. The molecule has 0 bridgehead atoms. The van der Waals surface area contributed by atoms with Gasteiger partial charge in [-0.3, -0.25) is 4.79 Å². The van der Waals surface area contributed by atoms with Crippen molar-refractivity contribution in [1.29, 1.82) is 0 Å². The molecule has 2 aliphatic rings. The SMILES string of the molecule is C[C@H]1CN(CCC2(O)CCC(NC(=O)c3cc4c(OCc5coc6cc(F)cc(F)c56)cccc4[nH]3)CC2)CC[C@@H]1O. The molecule has 2 atom stereocenters. The highest BCUT2D eigenvalue weighted by Gasteiger charge is 2.35. The summed E-state index contributed by atoms with van der Waals surface area (Å²) in [6.07, 6.45) is 5.25. The van der Waals surface area contributed by atoms with Crippen LogP contribution in [0.2, 0.25) is 0 Å². The number of aromatic nitrogens is 1. The predicted molar refractivity (Wildman–Crippen MR) is 154 cm³/mol. The first-order valence-corrected chi connectivity index (χ1v) is 14.7. The topological polar surface area (TPSA) is 111 Å². The van der Waals surface area contributed by atoms with E-state index in [1.54, 1.807) is 18.2 Å². The zero-order valence-electron chi connectivity index (χ0n) is 23.7. The van der Waals surface area contributed by atoms with Crippen molar-refractivity contribution in [2.45, 2.75) is 69.8 Å². The maximum atomic E-state index is 14.4. The first kappa shape index (κ1) is 28.6. The van der Waals surface area contributed by atoms with Crippen molar-refractivity contribution in [2.24, 2.45) is 5.92 Å². The molecule has 6 rings (SSSR count). The minimum Gasteiger partial charge on any atom is -0.488 e. The Morgan fingerprint density at radius 1 is 1.21 bits per heavy atom. The lowest BCUT2D eigenvalue weighted by molar-refractivity contribution is -0.0272. The minimum absolute atomic E-state index is 0.00506. The average molecular weight is 582 g/mol. The summed E-state index contributed by atoms with van der Waals surface area (Å²) in [6.45, 7) is 4.60. The van der Waals surface area contributed by atoms with Crippen molar-refractivity contribution in [1.82, 2.24) is 15.2 Å². The number of hydrogen-bond donors (Lipinski definition) is 4. The van der Waals surface area contributed by atoms with E-state index in [0.29, 0.717) is 54.5 Å². The van der Waals surface area contributed by atoms with Crippen molar-refractivity contribution >= 4 is 27.8 Å². The lowest BCUT2D eigenvalue weighted by atomic mass is 9.80. The van der Waals surface area contributed by atoms with E-state index in [2.05, 4.69) is 22.1 Å². The number of ether oxygens (including phenoxy) is 1. The number of carbonyl (C=O) groups is 1. The van der Waals surface area contributed by atoms with Crippen molar-refractivity contribution in [2.75, 3.05) is 19.6 Å². The molecule has 1 aliphatic carbocycles. The number of nitrogens with one attached hydrogen (secondary N) is 2. The zero-order valence-corrected chi connectivity index (χ0v) is 23.7. The van der Waals surface area contributed by atoms with Gasteiger partial charge in [-0.2, -0.15) is 0 Å². The fraction of sp³-hybridized carbons (Fsp3) is 0.469. The highest BCUT2D eigenvalue weighted by molar-refractivity contribution is 5.99. The second-order valence-electron chi connectivity index (χ2n) is 12.1. The molecule has 2 aromatic heterocycles. The Kier molecular flexibility index (Phi) is 7.95. The van der Waals surface area contributed by atoms with Crippen LogP contribution in [-0.4, -0.2) is 63.4 Å². The molecule has 1 amide bonds. The summed E-state index contributed by atoms with van der Waals surface area (Å²) in [5.41, 5.74) is 0.961. The Labute approximate surface area is 242 Å². The fourth-order valence-electron chi connectivity index (χ4n) is 6.39. The van der Waals surface area contributed by atoms with Crippen LogP contribution in [0.4, 0.5) is 8.78 Å². The molecule has 1 saturated carbocycles. The quantitative estimate of drug-likeness (QED) is 0.226. The number of aliphatic hydroxyl groups excluding tert-OH is 1. The van der Waals surface area contributed by atoms with Gasteiger partial charge in [-0.1, -0.05) is 13.0 Å². The van der Waals surface area contributed by atoms with E-state index in [-0.39, 0.29) is 41.5 Å². The summed E-state index contributed by atoms with van der Waals surface area (Å²) in [5.74, 6) is -0.883. The molecule has 4 aromatic rings. The molecule has 1 saturated heterocycles. The smallest absolute Gasteiger partial charge is 0.267 e. The van der Waals surface area contributed by atoms with E-state index in [1.165, 1.54) is 6.26 Å². The molecule has 224 valence electrons. The third-order valence-electron chi connectivity index (χ3n) is 9.01. The van der Waals surface area contributed by atoms with E-state index in [9.17, 15) is 23.8 Å². The fourth-order valence-corrected chi connectivity index (χ4v) is 6.39. The largest absolute Gasteiger partial charge is 0.488 e. The molecule has 2 fully saturated rings. The molecular formula is C32H37F2N3O5. The summed E-state index contributed by atoms with van der Waals surface area (Å²) in [4.78, 5) is 18.6. The highest BCUT2D eigenvalue weighted by atomic mass is 19.1. The molecule has 42 heavy (non-hydrogen) atoms. The van der Waals surface area contributed by atoms with Crippen molar-refractivity contribution in [3.63, 3.8) is 0 Å². The standard InChI is InChI=1S/C32H37F2N3O5/c1-19-16-37(11-7-27(19)38)12-10-32(40)8-5-22(6-9-32)35-31(39)26-15-23-25(36-26)3-2-4-28(23)41-17-20-18-42-29-14-21(33)13-24(34)30(20)29/h2-4,13-15,18-19,22,27,36,38,40H,5-12,16-17H2,1H3,(H,35,39)/t19-,22?,27-,32?/m0/s1. The highest BCUT2D eigenvalue weighted by Crippen LogP contribution is 2.33. The summed E-state index contributed by atoms with van der Waals surface area (Å²) < 4.78 is 39.2. The van der Waals surface area contributed by atoms with Gasteiger partial charge in [0.1, 0.15) is 35.3 Å². The second-order valence-corrected chi connectivity index (χ2v) is 12.1. The number of carbonyl (C=O) groups excluding carboxylic acids is 1. The minimum atomic E-state index is -0.731. The summed E-state index contributed by atoms with van der Waals surface area (Å²) >= 11 is 0. The van der Waals surface area contributed by atoms with Crippen LogP contribution in [0, 0.1) is 17.6 Å². The number of benzene rings is 2. The lowest BCUT2D eigenvalue weighted by Crippen LogP contribution is -2.47. The summed E-state index contributed by atoms with van der Waals surface area (Å²) in [7, 11) is 0. The maximum Gasteiger partial charge on any atom is 0.267 e. The number of hydrogen-bond acceptors (Lipinski definition) is 6. The number of nitrogens with zero attached hydrogens (tertiary/aromatic N) is 1. The normalized spacial score (nSPS) is 25.2. The number of likely N-dealkylation sites (tertiary alicyclic amines) is 1. The monoisotopic (exact) mass is 581 g/mol. The molecular weight excluding hydrogens is 544 g/mol. The predicted octanol–water partition coefficient (Wildman–Crippen LogP) is 5.27. The van der Waals surface area contributed by atoms with E-state index in [1.807, 2.05) is 6.07 Å². The van der Waals surface area contributed by atoms with Crippen LogP contribution >= 0.6 is 0 Å². The van der Waals surface area contributed by atoms with Gasteiger partial charge in [-0.15, -0.1) is 0 Å². The van der Waals surface area contributed by atoms with Gasteiger partial charge in [0.2, 0.25) is 0 Å². The van der Waals surface area contributed by atoms with Gasteiger partial charge in [0.25, 0.3) is 5.91 Å². The number of fused-ring (bicyclic) bond motifs is 2. The average Bonchev–Trinajstić information content (AvgIpc) is 3.59. The van der Waals surface area contributed by atoms with Gasteiger partial charge in [0.15, 0.2) is 0 Å². The molecule has 10 heteroatoms. The molecule has 8 nitrogen and oxygen atoms in total. The third-order valence-corrected chi connectivity index (χ3v) is 9.01. The number of piperidine rings is 1. The van der Waals surface area contributed by atoms with Crippen molar-refractivity contribution in [3.05, 3.63) is 65.6 Å². The van der Waals surface area contributed by atoms with Gasteiger partial charge < -0.3 is 34.6 Å². The molecule has 0 spiro atoms. The van der Waals surface area contributed by atoms with Gasteiger partial charge in [-0.05, 0) is 62.6 Å². The zero-order chi connectivity index (χ0) is 29.4. The van der Waals surface area contributed by atoms with Gasteiger partial charge in [0, 0.05) is 54.3 Å². The summed E-state index contributed by atoms with van der Waals surface area (Å²) in [5, 5.41) is 25.1. The molecule has 4 N–H and O–H groups in total. The number of halogens is 2. The van der Waals surface area contributed by atoms with E-state index in [4.69, 9.17) is 9.15 Å². The second kappa shape index (κ2) is 11.7. The maximum absolute atomic E-state index is 14.4. The van der Waals surface area contributed by atoms with Crippen LogP contribution in [0.1, 0.15) is 61.5 Å². The number of aromatic amines is 1. The molecule has 2 aromatic carbocycles. The van der Waals surface area contributed by atoms with E-state index >= 15 is 0 Å². The number of amides is 1. The number of furan rings is 1. The van der Waals surface area contributed by atoms with Crippen molar-refractivity contribution in [3.8, 4) is 5.75 Å².